The summed E-state index contributed by atoms with van der Waals surface area (Å²) >= 11 is 0. The molecule has 2 aliphatic rings. The number of nitrogens with one attached hydrogen (secondary N) is 1. The molecule has 2 aliphatic heterocycles. The zero-order chi connectivity index (χ0) is 28.0. The molecule has 12 heteroatoms. The van der Waals surface area contributed by atoms with Gasteiger partial charge in [0, 0.05) is 44.5 Å². The van der Waals surface area contributed by atoms with E-state index in [0.29, 0.717) is 16.9 Å². The number of rotatable bonds is 10. The van der Waals surface area contributed by atoms with E-state index in [9.17, 15) is 13.2 Å². The minimum absolute atomic E-state index is 0.00657. The van der Waals surface area contributed by atoms with Crippen molar-refractivity contribution >= 4 is 39.4 Å². The van der Waals surface area contributed by atoms with Gasteiger partial charge in [0.05, 0.1) is 18.1 Å². The molecule has 0 aromatic heterocycles. The number of hydrogen-bond acceptors (Lipinski definition) is 7. The summed E-state index contributed by atoms with van der Waals surface area (Å²) < 4.78 is 47.6. The number of carboxylic acids is 1. The van der Waals surface area contributed by atoms with Crippen LogP contribution in [0.1, 0.15) is 36.8 Å². The van der Waals surface area contributed by atoms with E-state index in [-0.39, 0.29) is 17.6 Å². The molecule has 0 atom stereocenters. The lowest BCUT2D eigenvalue weighted by atomic mass is 10.1. The minimum atomic E-state index is -4.40. The highest BCUT2D eigenvalue weighted by Gasteiger charge is 2.28. The fourth-order valence-electron chi connectivity index (χ4n) is 4.64. The Morgan fingerprint density at radius 2 is 1.95 bits per heavy atom. The van der Waals surface area contributed by atoms with Crippen molar-refractivity contribution in [2.75, 3.05) is 36.2 Å². The molecule has 0 spiro atoms. The normalized spacial score (nSPS) is 16.6. The summed E-state index contributed by atoms with van der Waals surface area (Å²) in [6.45, 7) is 1.92. The smallest absolute Gasteiger partial charge is 0.320 e. The summed E-state index contributed by atoms with van der Waals surface area (Å²) in [5.74, 6) is -2.02. The van der Waals surface area contributed by atoms with Gasteiger partial charge in [0.15, 0.2) is 5.75 Å². The predicted octanol–water partition coefficient (Wildman–Crippen LogP) is 3.24. The van der Waals surface area contributed by atoms with E-state index in [1.807, 2.05) is 0 Å². The Kier molecular flexibility index (Phi) is 8.85. The fraction of sp³-hybridized carbons (Fsp3) is 0.370. The Labute approximate surface area is 227 Å². The minimum Gasteiger partial charge on any atom is -0.490 e. The molecular formula is C27H32FN5O5S. The molecule has 1 saturated heterocycles. The third kappa shape index (κ3) is 7.56. The zero-order valence-electron chi connectivity index (χ0n) is 21.4. The van der Waals surface area contributed by atoms with Gasteiger partial charge in [-0.3, -0.25) is 19.5 Å². The molecule has 0 saturated carbocycles. The number of carbonyl (C=O) groups is 1. The van der Waals surface area contributed by atoms with Crippen molar-refractivity contribution in [2.24, 2.45) is 10.7 Å². The van der Waals surface area contributed by atoms with Crippen molar-refractivity contribution in [2.45, 2.75) is 31.8 Å². The molecule has 4 N–H and O–H groups in total. The topological polar surface area (TPSA) is 149 Å². The lowest BCUT2D eigenvalue weighted by Crippen LogP contribution is -2.41. The summed E-state index contributed by atoms with van der Waals surface area (Å²) in [7, 11) is -4.40. The van der Waals surface area contributed by atoms with Crippen molar-refractivity contribution in [1.29, 1.82) is 5.41 Å². The second-order valence-electron chi connectivity index (χ2n) is 9.49. The van der Waals surface area contributed by atoms with Crippen LogP contribution in [0.2, 0.25) is 0 Å². The van der Waals surface area contributed by atoms with E-state index < -0.39 is 34.1 Å². The van der Waals surface area contributed by atoms with Crippen LogP contribution >= 0.6 is 0 Å². The van der Waals surface area contributed by atoms with E-state index in [4.69, 9.17) is 21.0 Å². The maximum absolute atomic E-state index is 15.0. The van der Waals surface area contributed by atoms with Crippen molar-refractivity contribution in [3.05, 3.63) is 65.5 Å². The fourth-order valence-corrected chi connectivity index (χ4v) is 5.87. The van der Waals surface area contributed by atoms with Gasteiger partial charge in [-0.15, -0.1) is 0 Å². The Morgan fingerprint density at radius 1 is 1.23 bits per heavy atom. The van der Waals surface area contributed by atoms with Crippen molar-refractivity contribution in [3.63, 3.8) is 0 Å². The van der Waals surface area contributed by atoms with E-state index in [1.54, 1.807) is 30.3 Å². The second-order valence-corrected chi connectivity index (χ2v) is 11.4. The van der Waals surface area contributed by atoms with Crippen LogP contribution in [0.15, 0.2) is 59.4 Å². The Bertz CT molecular complexity index is 1370. The van der Waals surface area contributed by atoms with Gasteiger partial charge in [-0.2, -0.15) is 0 Å². The van der Waals surface area contributed by atoms with E-state index in [0.717, 1.165) is 55.7 Å². The van der Waals surface area contributed by atoms with Gasteiger partial charge in [-0.1, -0.05) is 18.2 Å². The van der Waals surface area contributed by atoms with Crippen LogP contribution in [0, 0.1) is 5.41 Å². The van der Waals surface area contributed by atoms with Gasteiger partial charge >= 0.3 is 5.97 Å². The number of ether oxygens (including phenoxy) is 1. The summed E-state index contributed by atoms with van der Waals surface area (Å²) in [6.07, 6.45) is 4.92. The molecule has 0 aliphatic carbocycles. The summed E-state index contributed by atoms with van der Waals surface area (Å²) in [6, 6.07) is 12.4. The number of hydrogen-bond donors (Lipinski definition) is 3. The van der Waals surface area contributed by atoms with Crippen LogP contribution in [0.4, 0.5) is 10.1 Å². The number of aliphatic imine (C=N–C) groups is 1. The van der Waals surface area contributed by atoms with E-state index in [1.165, 1.54) is 24.0 Å². The molecule has 0 bridgehead atoms. The summed E-state index contributed by atoms with van der Waals surface area (Å²) in [5, 5.41) is 16.7. The van der Waals surface area contributed by atoms with Crippen LogP contribution in [-0.4, -0.2) is 74.1 Å². The number of likely N-dealkylation sites (tertiary alicyclic amines) is 1. The SMILES string of the molecule is N=C(N)c1cccc(/C=C(\F)CN(c2ccc(OC3CCN(C4=NCCC4)CC3)cc2)S(=O)(=O)CC(=O)O)c1. The molecule has 4 rings (SSSR count). The number of nitrogen functional groups attached to an aromatic ring is 1. The Hall–Kier alpha value is -3.93. The van der Waals surface area contributed by atoms with Gasteiger partial charge < -0.3 is 20.5 Å². The number of anilines is 1. The quantitative estimate of drug-likeness (QED) is 0.300. The Balaban J connectivity index is 1.47. The van der Waals surface area contributed by atoms with Crippen molar-refractivity contribution in [1.82, 2.24) is 4.90 Å². The molecule has 0 unspecified atom stereocenters. The third-order valence-electron chi connectivity index (χ3n) is 6.54. The standard InChI is InChI=1S/C27H32FN5O5S/c28-21(16-19-3-1-4-20(15-19)27(29)30)17-33(39(36,37)18-26(34)35)22-6-8-23(9-7-22)38-24-10-13-32(14-11-24)25-5-2-12-31-25/h1,3-4,6-9,15-16,24H,2,5,10-14,17-18H2,(H3,29,30)(H,34,35)/b21-16-. The number of aliphatic carboxylic acids is 1. The molecule has 1 fully saturated rings. The summed E-state index contributed by atoms with van der Waals surface area (Å²) in [4.78, 5) is 18.1. The molecule has 10 nitrogen and oxygen atoms in total. The van der Waals surface area contributed by atoms with E-state index >= 15 is 4.39 Å². The average Bonchev–Trinajstić information content (AvgIpc) is 3.43. The molecular weight excluding hydrogens is 525 g/mol. The maximum Gasteiger partial charge on any atom is 0.320 e. The van der Waals surface area contributed by atoms with Crippen LogP contribution in [-0.2, 0) is 14.8 Å². The predicted molar refractivity (Wildman–Crippen MR) is 149 cm³/mol. The van der Waals surface area contributed by atoms with E-state index in [2.05, 4.69) is 9.89 Å². The molecule has 2 aromatic carbocycles. The number of halogens is 1. The van der Waals surface area contributed by atoms with Gasteiger partial charge in [0.1, 0.15) is 23.5 Å². The number of nitrogens with zero attached hydrogens (tertiary/aromatic N) is 3. The highest BCUT2D eigenvalue weighted by Crippen LogP contribution is 2.27. The second kappa shape index (κ2) is 12.3. The number of benzene rings is 2. The highest BCUT2D eigenvalue weighted by molar-refractivity contribution is 7.93. The summed E-state index contributed by atoms with van der Waals surface area (Å²) in [5.41, 5.74) is 6.36. The average molecular weight is 558 g/mol. The van der Waals surface area contributed by atoms with Gasteiger partial charge in [0.2, 0.25) is 10.0 Å². The maximum atomic E-state index is 15.0. The van der Waals surface area contributed by atoms with Gasteiger partial charge in [-0.25, -0.2) is 12.8 Å². The monoisotopic (exact) mass is 557 g/mol. The molecule has 39 heavy (non-hydrogen) atoms. The van der Waals surface area contributed by atoms with Crippen LogP contribution in [0.5, 0.6) is 5.75 Å². The highest BCUT2D eigenvalue weighted by atomic mass is 32.2. The largest absolute Gasteiger partial charge is 0.490 e. The lowest BCUT2D eigenvalue weighted by molar-refractivity contribution is -0.134. The number of amidine groups is 2. The van der Waals surface area contributed by atoms with Crippen LogP contribution < -0.4 is 14.8 Å². The molecule has 2 aromatic rings. The first-order chi connectivity index (χ1) is 18.6. The van der Waals surface area contributed by atoms with Crippen LogP contribution in [0.3, 0.4) is 0 Å². The number of sulfonamides is 1. The van der Waals surface area contributed by atoms with Crippen molar-refractivity contribution < 1.29 is 27.4 Å². The number of nitrogens with two attached hydrogens (primary N) is 1. The van der Waals surface area contributed by atoms with Crippen LogP contribution in [0.25, 0.3) is 6.08 Å². The zero-order valence-corrected chi connectivity index (χ0v) is 22.2. The Morgan fingerprint density at radius 3 is 2.56 bits per heavy atom. The molecule has 2 heterocycles. The number of carboxylic acid groups (broad SMARTS) is 1. The first kappa shape index (κ1) is 28.1. The lowest BCUT2D eigenvalue weighted by Gasteiger charge is -2.33. The first-order valence-corrected chi connectivity index (χ1v) is 14.3. The molecule has 0 radical (unpaired) electrons. The first-order valence-electron chi connectivity index (χ1n) is 12.7. The number of piperidine rings is 1. The van der Waals surface area contributed by atoms with Crippen molar-refractivity contribution in [3.8, 4) is 5.75 Å². The third-order valence-corrected chi connectivity index (χ3v) is 8.17. The van der Waals surface area contributed by atoms with Gasteiger partial charge in [-0.05, 0) is 48.4 Å². The molecule has 208 valence electrons. The molecule has 0 amide bonds. The van der Waals surface area contributed by atoms with Gasteiger partial charge in [0.25, 0.3) is 0 Å².